The molecule has 0 amide bonds. The van der Waals surface area contributed by atoms with Crippen LogP contribution in [0.3, 0.4) is 0 Å². The first kappa shape index (κ1) is 19.9. The van der Waals surface area contributed by atoms with Crippen LogP contribution in [-0.4, -0.2) is 30.6 Å². The Bertz CT molecular complexity index is 731. The van der Waals surface area contributed by atoms with Crippen LogP contribution in [0.4, 0.5) is 0 Å². The highest BCUT2D eigenvalue weighted by molar-refractivity contribution is 5.18. The lowest BCUT2D eigenvalue weighted by Crippen LogP contribution is -2.70. The standard InChI is InChI=1S/C23H33NO5/c1-14-9-10-18-15(2)20(25-13-19(24)16-7-5-4-6-8-16)26-21-23(18)17(14)11-12-22(3,27-21)28-29-23/h4-8,14-15,17-21H,9-13,24H2,1-3H3/t14-,15-,17+,18+,19+,20-,21-,22-,23-/m1/s1. The van der Waals surface area contributed by atoms with Crippen LogP contribution in [0.15, 0.2) is 30.3 Å². The Morgan fingerprint density at radius 3 is 2.69 bits per heavy atom. The van der Waals surface area contributed by atoms with Gasteiger partial charge in [-0.25, -0.2) is 9.78 Å². The molecule has 6 nitrogen and oxygen atoms in total. The van der Waals surface area contributed by atoms with Gasteiger partial charge in [-0.1, -0.05) is 44.2 Å². The molecule has 0 aromatic heterocycles. The van der Waals surface area contributed by atoms with Gasteiger partial charge >= 0.3 is 0 Å². The summed E-state index contributed by atoms with van der Waals surface area (Å²) in [5.74, 6) is 0.594. The van der Waals surface area contributed by atoms with Gasteiger partial charge in [-0.15, -0.1) is 0 Å². The molecular formula is C23H33NO5. The predicted molar refractivity (Wildman–Crippen MR) is 106 cm³/mol. The molecule has 160 valence electrons. The van der Waals surface area contributed by atoms with Crippen molar-refractivity contribution in [3.05, 3.63) is 35.9 Å². The minimum Gasteiger partial charge on any atom is -0.350 e. The molecule has 6 heteroatoms. The maximum atomic E-state index is 6.44. The second-order valence-electron chi connectivity index (χ2n) is 9.62. The van der Waals surface area contributed by atoms with Gasteiger partial charge in [0.05, 0.1) is 12.6 Å². The lowest BCUT2D eigenvalue weighted by molar-refractivity contribution is -0.577. The summed E-state index contributed by atoms with van der Waals surface area (Å²) in [4.78, 5) is 12.0. The smallest absolute Gasteiger partial charge is 0.201 e. The second kappa shape index (κ2) is 7.29. The molecule has 4 aliphatic heterocycles. The zero-order valence-electron chi connectivity index (χ0n) is 17.6. The normalized spacial score (nSPS) is 47.3. The van der Waals surface area contributed by atoms with Crippen molar-refractivity contribution in [1.82, 2.24) is 0 Å². The third-order valence-electron chi connectivity index (χ3n) is 7.76. The molecule has 4 saturated heterocycles. The van der Waals surface area contributed by atoms with E-state index in [1.54, 1.807) is 0 Å². The van der Waals surface area contributed by atoms with Crippen molar-refractivity contribution in [3.63, 3.8) is 0 Å². The van der Waals surface area contributed by atoms with Crippen LogP contribution in [0.25, 0.3) is 0 Å². The summed E-state index contributed by atoms with van der Waals surface area (Å²) in [6.45, 7) is 6.87. The van der Waals surface area contributed by atoms with E-state index in [0.717, 1.165) is 24.8 Å². The summed E-state index contributed by atoms with van der Waals surface area (Å²) < 4.78 is 19.0. The second-order valence-corrected chi connectivity index (χ2v) is 9.62. The highest BCUT2D eigenvalue weighted by Crippen LogP contribution is 2.60. The van der Waals surface area contributed by atoms with Crippen molar-refractivity contribution in [2.24, 2.45) is 29.4 Å². The minimum atomic E-state index is -0.761. The van der Waals surface area contributed by atoms with E-state index in [4.69, 9.17) is 29.7 Å². The lowest BCUT2D eigenvalue weighted by atomic mass is 9.58. The summed E-state index contributed by atoms with van der Waals surface area (Å²) >= 11 is 0. The monoisotopic (exact) mass is 403 g/mol. The molecule has 1 spiro atoms. The molecule has 1 aliphatic carbocycles. The summed E-state index contributed by atoms with van der Waals surface area (Å²) in [6, 6.07) is 9.85. The predicted octanol–water partition coefficient (Wildman–Crippen LogP) is 3.91. The Morgan fingerprint density at radius 1 is 1.10 bits per heavy atom. The zero-order chi connectivity index (χ0) is 20.2. The van der Waals surface area contributed by atoms with Gasteiger partial charge in [-0.3, -0.25) is 0 Å². The van der Waals surface area contributed by atoms with Crippen LogP contribution in [0.2, 0.25) is 0 Å². The Labute approximate surface area is 172 Å². The van der Waals surface area contributed by atoms with Gasteiger partial charge in [0, 0.05) is 18.3 Å². The minimum absolute atomic E-state index is 0.166. The van der Waals surface area contributed by atoms with Crippen LogP contribution in [0.1, 0.15) is 58.1 Å². The number of hydrogen-bond donors (Lipinski definition) is 1. The Hall–Kier alpha value is -1.02. The molecule has 9 atom stereocenters. The molecule has 1 aromatic rings. The van der Waals surface area contributed by atoms with E-state index < -0.39 is 17.7 Å². The summed E-state index contributed by atoms with van der Waals surface area (Å²) in [5.41, 5.74) is 6.87. The average molecular weight is 404 g/mol. The molecular weight excluding hydrogens is 370 g/mol. The van der Waals surface area contributed by atoms with Crippen LogP contribution in [0.5, 0.6) is 0 Å². The topological polar surface area (TPSA) is 72.2 Å². The van der Waals surface area contributed by atoms with E-state index in [9.17, 15) is 0 Å². The average Bonchev–Trinajstić information content (AvgIpc) is 2.96. The van der Waals surface area contributed by atoms with Crippen molar-refractivity contribution in [3.8, 4) is 0 Å². The van der Waals surface area contributed by atoms with Gasteiger partial charge in [-0.2, -0.15) is 0 Å². The Kier molecular flexibility index (Phi) is 5.01. The third kappa shape index (κ3) is 3.16. The number of nitrogens with two attached hydrogens (primary N) is 1. The Morgan fingerprint density at radius 2 is 1.90 bits per heavy atom. The van der Waals surface area contributed by atoms with Gasteiger partial charge < -0.3 is 19.9 Å². The molecule has 5 fully saturated rings. The molecule has 6 rings (SSSR count). The van der Waals surface area contributed by atoms with Gasteiger partial charge in [0.15, 0.2) is 18.2 Å². The summed E-state index contributed by atoms with van der Waals surface area (Å²) in [5, 5.41) is 0. The van der Waals surface area contributed by atoms with Gasteiger partial charge in [0.25, 0.3) is 0 Å². The number of benzene rings is 1. The van der Waals surface area contributed by atoms with E-state index >= 15 is 0 Å². The van der Waals surface area contributed by atoms with Crippen molar-refractivity contribution in [2.75, 3.05) is 6.61 Å². The van der Waals surface area contributed by atoms with Crippen LogP contribution in [0, 0.1) is 23.7 Å². The van der Waals surface area contributed by atoms with Gasteiger partial charge in [-0.05, 0) is 43.6 Å². The van der Waals surface area contributed by atoms with E-state index in [2.05, 4.69) is 13.8 Å². The van der Waals surface area contributed by atoms with Crippen LogP contribution in [-0.2, 0) is 24.0 Å². The van der Waals surface area contributed by atoms with E-state index in [1.165, 1.54) is 6.42 Å². The maximum absolute atomic E-state index is 6.44. The van der Waals surface area contributed by atoms with Gasteiger partial charge in [0.2, 0.25) is 5.79 Å². The first-order chi connectivity index (χ1) is 13.9. The van der Waals surface area contributed by atoms with Crippen molar-refractivity contribution in [2.45, 2.75) is 76.5 Å². The SMILES string of the molecule is C[C@H]1[C@H](OC[C@H](N)c2ccccc2)O[C@@H]2O[C@@]3(C)CC[C@H]4[C@H](C)CC[C@@H]1[C@@]24OO3. The quantitative estimate of drug-likeness (QED) is 0.769. The van der Waals surface area contributed by atoms with E-state index in [0.29, 0.717) is 18.4 Å². The molecule has 4 heterocycles. The fourth-order valence-electron chi connectivity index (χ4n) is 6.06. The fraction of sp³-hybridized carbons (Fsp3) is 0.739. The fourth-order valence-corrected chi connectivity index (χ4v) is 6.06. The molecule has 1 saturated carbocycles. The summed E-state index contributed by atoms with van der Waals surface area (Å²) in [6.07, 6.45) is 3.25. The Balaban J connectivity index is 1.37. The van der Waals surface area contributed by atoms with Crippen LogP contribution >= 0.6 is 0 Å². The summed E-state index contributed by atoms with van der Waals surface area (Å²) in [7, 11) is 0. The van der Waals surface area contributed by atoms with Crippen molar-refractivity contribution in [1.29, 1.82) is 0 Å². The number of hydrogen-bond acceptors (Lipinski definition) is 6. The van der Waals surface area contributed by atoms with Crippen molar-refractivity contribution >= 4 is 0 Å². The molecule has 5 aliphatic rings. The van der Waals surface area contributed by atoms with Crippen molar-refractivity contribution < 1.29 is 24.0 Å². The van der Waals surface area contributed by atoms with E-state index in [-0.39, 0.29) is 24.2 Å². The maximum Gasteiger partial charge on any atom is 0.201 e. The molecule has 2 N–H and O–H groups in total. The number of fused-ring (bicyclic) bond motifs is 2. The third-order valence-corrected chi connectivity index (χ3v) is 7.76. The zero-order valence-corrected chi connectivity index (χ0v) is 17.6. The first-order valence-corrected chi connectivity index (χ1v) is 11.1. The number of rotatable bonds is 4. The number of ether oxygens (including phenoxy) is 3. The molecule has 29 heavy (non-hydrogen) atoms. The van der Waals surface area contributed by atoms with Gasteiger partial charge in [0.1, 0.15) is 0 Å². The highest BCUT2D eigenvalue weighted by atomic mass is 17.3. The molecule has 2 bridgehead atoms. The van der Waals surface area contributed by atoms with E-state index in [1.807, 2.05) is 37.3 Å². The first-order valence-electron chi connectivity index (χ1n) is 11.1. The molecule has 0 unspecified atom stereocenters. The highest BCUT2D eigenvalue weighted by Gasteiger charge is 2.69. The van der Waals surface area contributed by atoms with Crippen LogP contribution < -0.4 is 5.73 Å². The largest absolute Gasteiger partial charge is 0.350 e. The molecule has 1 aromatic carbocycles. The lowest BCUT2D eigenvalue weighted by Gasteiger charge is -2.60. The molecule has 0 radical (unpaired) electrons.